The predicted molar refractivity (Wildman–Crippen MR) is 84.0 cm³/mol. The first-order chi connectivity index (χ1) is 9.86. The Hall–Kier alpha value is -1.35. The summed E-state index contributed by atoms with van der Waals surface area (Å²) in [5, 5.41) is 0. The Morgan fingerprint density at radius 1 is 0.850 bits per heavy atom. The average Bonchev–Trinajstić information content (AvgIpc) is 2.47. The molecule has 2 rings (SSSR count). The fraction of sp³-hybridized carbons (Fsp3) is 0.588. The highest BCUT2D eigenvalue weighted by atomic mass is 16.1. The van der Waals surface area contributed by atoms with E-state index in [2.05, 4.69) is 10.9 Å². The van der Waals surface area contributed by atoms with Gasteiger partial charge in [-0.15, -0.1) is 0 Å². The standard InChI is InChI=1S/C17H26N2O/c20-17-12-7-5-3-1-2-4-6-8-13-18-19-16-11-9-10-15(17)14-16/h9-11,14,18-19H,1-8,12-13H2. The van der Waals surface area contributed by atoms with Crippen molar-refractivity contribution in [2.24, 2.45) is 0 Å². The number of fused-ring (bicyclic) bond motifs is 2. The molecule has 1 aromatic rings. The smallest absolute Gasteiger partial charge is 0.162 e. The zero-order chi connectivity index (χ0) is 14.0. The second-order valence-electron chi connectivity index (χ2n) is 5.63. The number of carbonyl (C=O) groups excluding carboxylic acids is 1. The maximum absolute atomic E-state index is 12.1. The minimum atomic E-state index is 0.265. The first kappa shape index (κ1) is 15.0. The summed E-state index contributed by atoms with van der Waals surface area (Å²) in [6.45, 7) is 0.970. The number of anilines is 1. The Morgan fingerprint density at radius 3 is 2.35 bits per heavy atom. The highest BCUT2D eigenvalue weighted by Crippen LogP contribution is 2.15. The lowest BCUT2D eigenvalue weighted by Gasteiger charge is -2.10. The van der Waals surface area contributed by atoms with E-state index in [1.165, 1.54) is 44.9 Å². The van der Waals surface area contributed by atoms with E-state index in [0.717, 1.165) is 24.2 Å². The average molecular weight is 274 g/mol. The summed E-state index contributed by atoms with van der Waals surface area (Å²) in [6, 6.07) is 7.80. The van der Waals surface area contributed by atoms with Crippen LogP contribution in [0.3, 0.4) is 0 Å². The number of hydrogen-bond acceptors (Lipinski definition) is 3. The fourth-order valence-corrected chi connectivity index (χ4v) is 2.64. The van der Waals surface area contributed by atoms with Crippen LogP contribution in [0.15, 0.2) is 24.3 Å². The van der Waals surface area contributed by atoms with Gasteiger partial charge >= 0.3 is 0 Å². The zero-order valence-electron chi connectivity index (χ0n) is 12.3. The van der Waals surface area contributed by atoms with Crippen LogP contribution in [0.4, 0.5) is 5.69 Å². The van der Waals surface area contributed by atoms with Crippen LogP contribution in [-0.4, -0.2) is 12.3 Å². The van der Waals surface area contributed by atoms with Crippen molar-refractivity contribution in [3.8, 4) is 0 Å². The Labute approximate surface area is 122 Å². The third-order valence-corrected chi connectivity index (χ3v) is 3.87. The predicted octanol–water partition coefficient (Wildman–Crippen LogP) is 4.31. The molecule has 0 atom stereocenters. The summed E-state index contributed by atoms with van der Waals surface area (Å²) in [7, 11) is 0. The van der Waals surface area contributed by atoms with Gasteiger partial charge in [0.05, 0.1) is 0 Å². The van der Waals surface area contributed by atoms with Crippen molar-refractivity contribution in [2.75, 3.05) is 12.0 Å². The van der Waals surface area contributed by atoms with Gasteiger partial charge in [-0.3, -0.25) is 4.79 Å². The van der Waals surface area contributed by atoms with Crippen molar-refractivity contribution in [1.29, 1.82) is 0 Å². The Bertz CT molecular complexity index is 417. The zero-order valence-corrected chi connectivity index (χ0v) is 12.3. The number of benzene rings is 1. The quantitative estimate of drug-likeness (QED) is 0.740. The molecule has 0 aliphatic carbocycles. The molecule has 0 radical (unpaired) electrons. The van der Waals surface area contributed by atoms with Crippen LogP contribution in [0.1, 0.15) is 68.1 Å². The summed E-state index contributed by atoms with van der Waals surface area (Å²) < 4.78 is 0. The minimum Gasteiger partial charge on any atom is -0.321 e. The molecule has 1 aliphatic rings. The summed E-state index contributed by atoms with van der Waals surface area (Å²) in [6.07, 6.45) is 10.6. The van der Waals surface area contributed by atoms with Gasteiger partial charge in [-0.1, -0.05) is 50.7 Å². The molecule has 3 nitrogen and oxygen atoms in total. The van der Waals surface area contributed by atoms with Crippen LogP contribution in [0.2, 0.25) is 0 Å². The van der Waals surface area contributed by atoms with E-state index >= 15 is 0 Å². The number of nitrogens with one attached hydrogen (secondary N) is 2. The monoisotopic (exact) mass is 274 g/mol. The van der Waals surface area contributed by atoms with Crippen LogP contribution in [-0.2, 0) is 0 Å². The molecule has 110 valence electrons. The fourth-order valence-electron chi connectivity index (χ4n) is 2.64. The molecule has 1 aromatic carbocycles. The third kappa shape index (κ3) is 5.33. The van der Waals surface area contributed by atoms with E-state index in [1.807, 2.05) is 24.3 Å². The molecule has 0 spiro atoms. The summed E-state index contributed by atoms with van der Waals surface area (Å²) in [4.78, 5) is 12.1. The second-order valence-corrected chi connectivity index (χ2v) is 5.63. The lowest BCUT2D eigenvalue weighted by atomic mass is 10.0. The van der Waals surface area contributed by atoms with Gasteiger partial charge in [-0.2, -0.15) is 0 Å². The van der Waals surface area contributed by atoms with Crippen molar-refractivity contribution in [3.63, 3.8) is 0 Å². The van der Waals surface area contributed by atoms with E-state index in [0.29, 0.717) is 6.42 Å². The highest BCUT2D eigenvalue weighted by molar-refractivity contribution is 5.96. The van der Waals surface area contributed by atoms with Gasteiger partial charge in [0, 0.05) is 24.2 Å². The first-order valence-electron chi connectivity index (χ1n) is 7.98. The van der Waals surface area contributed by atoms with Gasteiger partial charge in [0.25, 0.3) is 0 Å². The number of hydrazine groups is 1. The number of Topliss-reactive ketones (excluding diaryl/α,β-unsaturated/α-hetero) is 1. The van der Waals surface area contributed by atoms with E-state index in [9.17, 15) is 4.79 Å². The maximum Gasteiger partial charge on any atom is 0.162 e. The molecule has 3 heteroatoms. The Morgan fingerprint density at radius 2 is 1.55 bits per heavy atom. The maximum atomic E-state index is 12.1. The van der Waals surface area contributed by atoms with Crippen LogP contribution < -0.4 is 10.9 Å². The molecule has 0 fully saturated rings. The minimum absolute atomic E-state index is 0.265. The summed E-state index contributed by atoms with van der Waals surface area (Å²) in [5.41, 5.74) is 8.21. The number of carbonyl (C=O) groups is 1. The Balaban J connectivity index is 1.94. The molecule has 2 bridgehead atoms. The molecule has 0 saturated heterocycles. The van der Waals surface area contributed by atoms with Gasteiger partial charge in [-0.25, -0.2) is 5.43 Å². The van der Waals surface area contributed by atoms with Crippen LogP contribution >= 0.6 is 0 Å². The molecular weight excluding hydrogens is 248 g/mol. The first-order valence-corrected chi connectivity index (χ1v) is 7.98. The van der Waals surface area contributed by atoms with Gasteiger partial charge in [-0.05, 0) is 25.0 Å². The van der Waals surface area contributed by atoms with Crippen molar-refractivity contribution in [3.05, 3.63) is 29.8 Å². The second kappa shape index (κ2) is 8.75. The van der Waals surface area contributed by atoms with Gasteiger partial charge in [0.1, 0.15) is 0 Å². The molecule has 20 heavy (non-hydrogen) atoms. The SMILES string of the molecule is O=C1CCCCCCCCCCNNc2cccc1c2. The van der Waals surface area contributed by atoms with Gasteiger partial charge < -0.3 is 5.43 Å². The lowest BCUT2D eigenvalue weighted by Crippen LogP contribution is -2.22. The van der Waals surface area contributed by atoms with Gasteiger partial charge in [0.15, 0.2) is 5.78 Å². The lowest BCUT2D eigenvalue weighted by molar-refractivity contribution is 0.0979. The van der Waals surface area contributed by atoms with E-state index in [1.54, 1.807) is 0 Å². The number of ketones is 1. The van der Waals surface area contributed by atoms with Crippen molar-refractivity contribution < 1.29 is 4.79 Å². The van der Waals surface area contributed by atoms with Crippen LogP contribution in [0, 0.1) is 0 Å². The molecule has 0 saturated carbocycles. The largest absolute Gasteiger partial charge is 0.321 e. The third-order valence-electron chi connectivity index (χ3n) is 3.87. The van der Waals surface area contributed by atoms with Crippen LogP contribution in [0.5, 0.6) is 0 Å². The number of rotatable bonds is 0. The summed E-state index contributed by atoms with van der Waals surface area (Å²) >= 11 is 0. The van der Waals surface area contributed by atoms with Crippen molar-refractivity contribution in [1.82, 2.24) is 5.43 Å². The molecule has 0 amide bonds. The molecule has 1 aliphatic heterocycles. The van der Waals surface area contributed by atoms with Crippen LogP contribution in [0.25, 0.3) is 0 Å². The molecule has 1 heterocycles. The van der Waals surface area contributed by atoms with Crippen molar-refractivity contribution >= 4 is 11.5 Å². The Kier molecular flexibility index (Phi) is 6.58. The molecule has 2 N–H and O–H groups in total. The van der Waals surface area contributed by atoms with E-state index in [4.69, 9.17) is 0 Å². The molecular formula is C17H26N2O. The highest BCUT2D eigenvalue weighted by Gasteiger charge is 2.06. The van der Waals surface area contributed by atoms with E-state index in [-0.39, 0.29) is 5.78 Å². The molecule has 0 unspecified atom stereocenters. The summed E-state index contributed by atoms with van der Waals surface area (Å²) in [5.74, 6) is 0.265. The topological polar surface area (TPSA) is 41.1 Å². The van der Waals surface area contributed by atoms with E-state index < -0.39 is 0 Å². The van der Waals surface area contributed by atoms with Gasteiger partial charge in [0.2, 0.25) is 0 Å². The normalized spacial score (nSPS) is 19.3. The molecule has 0 aromatic heterocycles. The van der Waals surface area contributed by atoms with Crippen molar-refractivity contribution in [2.45, 2.75) is 57.8 Å². The number of hydrogen-bond donors (Lipinski definition) is 2.